The maximum atomic E-state index is 12.8. The number of anilines is 1. The van der Waals surface area contributed by atoms with Crippen molar-refractivity contribution < 1.29 is 14.3 Å². The maximum Gasteiger partial charge on any atom is 0.268 e. The molecule has 0 saturated carbocycles. The molecule has 4 heterocycles. The number of carbonyl (C=O) groups is 1. The van der Waals surface area contributed by atoms with Crippen molar-refractivity contribution >= 4 is 11.6 Å². The molecule has 8 nitrogen and oxygen atoms in total. The molecular weight excluding hydrogens is 348 g/mol. The van der Waals surface area contributed by atoms with E-state index in [9.17, 15) is 9.59 Å². The Kier molecular flexibility index (Phi) is 5.19. The third kappa shape index (κ3) is 4.01. The minimum absolute atomic E-state index is 0.107. The van der Waals surface area contributed by atoms with Gasteiger partial charge in [-0.3, -0.25) is 9.59 Å². The summed E-state index contributed by atoms with van der Waals surface area (Å²) in [4.78, 5) is 28.8. The third-order valence-electron chi connectivity index (χ3n) is 5.99. The van der Waals surface area contributed by atoms with Gasteiger partial charge in [-0.15, -0.1) is 0 Å². The Morgan fingerprint density at radius 2 is 2.00 bits per heavy atom. The minimum Gasteiger partial charge on any atom is -0.370 e. The van der Waals surface area contributed by atoms with E-state index in [-0.39, 0.29) is 11.5 Å². The summed E-state index contributed by atoms with van der Waals surface area (Å²) in [6.07, 6.45) is 5.88. The predicted molar refractivity (Wildman–Crippen MR) is 99.5 cm³/mol. The van der Waals surface area contributed by atoms with Gasteiger partial charge < -0.3 is 19.3 Å². The number of rotatable bonds is 3. The summed E-state index contributed by atoms with van der Waals surface area (Å²) in [5.74, 6) is 0.0900. The molecule has 1 aromatic heterocycles. The summed E-state index contributed by atoms with van der Waals surface area (Å²) in [6.45, 7) is 4.42. The van der Waals surface area contributed by atoms with Crippen LogP contribution in [-0.2, 0) is 21.3 Å². The molecule has 148 valence electrons. The summed E-state index contributed by atoms with van der Waals surface area (Å²) in [5, 5.41) is 4.11. The Hall–Kier alpha value is -1.93. The van der Waals surface area contributed by atoms with Gasteiger partial charge in [0, 0.05) is 58.6 Å². The molecule has 1 aromatic rings. The van der Waals surface area contributed by atoms with Crippen molar-refractivity contribution in [1.29, 1.82) is 0 Å². The van der Waals surface area contributed by atoms with E-state index in [1.807, 2.05) is 4.90 Å². The number of aryl methyl sites for hydroxylation is 1. The van der Waals surface area contributed by atoms with Crippen molar-refractivity contribution in [3.8, 4) is 0 Å². The third-order valence-corrected chi connectivity index (χ3v) is 5.99. The van der Waals surface area contributed by atoms with E-state index in [1.54, 1.807) is 19.3 Å². The number of likely N-dealkylation sites (tertiary alicyclic amines) is 1. The first-order chi connectivity index (χ1) is 13.0. The molecule has 0 aromatic carbocycles. The second-order valence-electron chi connectivity index (χ2n) is 7.82. The number of nitrogens with zero attached hydrogens (tertiary/aromatic N) is 4. The molecule has 0 bridgehead atoms. The Morgan fingerprint density at radius 1 is 1.26 bits per heavy atom. The van der Waals surface area contributed by atoms with Gasteiger partial charge in [0.05, 0.1) is 25.1 Å². The zero-order chi connectivity index (χ0) is 18.9. The van der Waals surface area contributed by atoms with E-state index >= 15 is 0 Å². The molecule has 0 N–H and O–H groups in total. The fourth-order valence-corrected chi connectivity index (χ4v) is 4.36. The van der Waals surface area contributed by atoms with Crippen LogP contribution >= 0.6 is 0 Å². The van der Waals surface area contributed by atoms with Gasteiger partial charge >= 0.3 is 0 Å². The van der Waals surface area contributed by atoms with Crippen LogP contribution < -0.4 is 10.5 Å². The van der Waals surface area contributed by atoms with Gasteiger partial charge in [-0.1, -0.05) is 0 Å². The van der Waals surface area contributed by atoms with Crippen LogP contribution in [0.4, 0.5) is 5.69 Å². The number of piperidine rings is 2. The summed E-state index contributed by atoms with van der Waals surface area (Å²) < 4.78 is 12.8. The molecule has 0 radical (unpaired) electrons. The van der Waals surface area contributed by atoms with Gasteiger partial charge in [-0.05, 0) is 18.8 Å². The van der Waals surface area contributed by atoms with E-state index in [0.717, 1.165) is 44.5 Å². The number of aromatic nitrogens is 2. The lowest BCUT2D eigenvalue weighted by Crippen LogP contribution is -2.48. The zero-order valence-electron chi connectivity index (χ0n) is 15.9. The normalized spacial score (nSPS) is 25.1. The monoisotopic (exact) mass is 376 g/mol. The molecule has 1 spiro atoms. The fraction of sp³-hybridized carbons (Fsp3) is 0.737. The molecule has 1 atom stereocenters. The molecule has 1 unspecified atom stereocenters. The lowest BCUT2D eigenvalue weighted by Gasteiger charge is -2.39. The molecule has 8 heteroatoms. The number of hydrogen-bond donors (Lipinski definition) is 0. The molecule has 3 fully saturated rings. The first-order valence-corrected chi connectivity index (χ1v) is 9.89. The molecule has 4 rings (SSSR count). The minimum atomic E-state index is -0.440. The smallest absolute Gasteiger partial charge is 0.268 e. The quantitative estimate of drug-likeness (QED) is 0.775. The fourth-order valence-electron chi connectivity index (χ4n) is 4.36. The first kappa shape index (κ1) is 18.4. The molecule has 1 amide bonds. The van der Waals surface area contributed by atoms with Crippen molar-refractivity contribution in [3.05, 3.63) is 22.6 Å². The van der Waals surface area contributed by atoms with Crippen LogP contribution in [0, 0.1) is 5.92 Å². The second kappa shape index (κ2) is 7.59. The average Bonchev–Trinajstić information content (AvgIpc) is 3.12. The summed E-state index contributed by atoms with van der Waals surface area (Å²) in [6, 6.07) is 1.63. The standard InChI is InChI=1S/C19H28N4O4/c1-21-17(24)12-16(13-20-21)23-6-2-3-15(14-23)11-18(25)22-7-4-19(5-8-22)26-9-10-27-19/h12-13,15H,2-11,14H2,1H3. The first-order valence-electron chi connectivity index (χ1n) is 9.89. The topological polar surface area (TPSA) is 76.9 Å². The van der Waals surface area contributed by atoms with Crippen LogP contribution in [0.2, 0.25) is 0 Å². The Morgan fingerprint density at radius 3 is 2.70 bits per heavy atom. The van der Waals surface area contributed by atoms with Crippen LogP contribution in [0.15, 0.2) is 17.1 Å². The van der Waals surface area contributed by atoms with Crippen molar-refractivity contribution in [2.75, 3.05) is 44.3 Å². The Labute approximate surface area is 159 Å². The average molecular weight is 376 g/mol. The Bertz CT molecular complexity index is 733. The number of hydrogen-bond acceptors (Lipinski definition) is 6. The van der Waals surface area contributed by atoms with Crippen molar-refractivity contribution in [2.45, 2.75) is 37.9 Å². The number of ether oxygens (including phenoxy) is 2. The van der Waals surface area contributed by atoms with Crippen LogP contribution in [0.3, 0.4) is 0 Å². The van der Waals surface area contributed by atoms with Gasteiger partial charge in [0.15, 0.2) is 5.79 Å². The predicted octanol–water partition coefficient (Wildman–Crippen LogP) is 0.752. The van der Waals surface area contributed by atoms with Crippen LogP contribution in [-0.4, -0.2) is 65.8 Å². The summed E-state index contributed by atoms with van der Waals surface area (Å²) in [5.41, 5.74) is 0.745. The van der Waals surface area contributed by atoms with Crippen LogP contribution in [0.5, 0.6) is 0 Å². The van der Waals surface area contributed by atoms with Gasteiger partial charge in [-0.2, -0.15) is 5.10 Å². The zero-order valence-corrected chi connectivity index (χ0v) is 15.9. The van der Waals surface area contributed by atoms with Crippen molar-refractivity contribution in [2.24, 2.45) is 13.0 Å². The highest BCUT2D eigenvalue weighted by atomic mass is 16.7. The highest BCUT2D eigenvalue weighted by Gasteiger charge is 2.41. The lowest BCUT2D eigenvalue weighted by atomic mass is 9.93. The van der Waals surface area contributed by atoms with Gasteiger partial charge in [-0.25, -0.2) is 4.68 Å². The van der Waals surface area contributed by atoms with Crippen molar-refractivity contribution in [3.63, 3.8) is 0 Å². The molecule has 27 heavy (non-hydrogen) atoms. The maximum absolute atomic E-state index is 12.8. The van der Waals surface area contributed by atoms with Crippen LogP contribution in [0.1, 0.15) is 32.1 Å². The number of amides is 1. The van der Waals surface area contributed by atoms with E-state index in [4.69, 9.17) is 9.47 Å². The number of carbonyl (C=O) groups excluding carboxylic acids is 1. The Balaban J connectivity index is 1.32. The van der Waals surface area contributed by atoms with Gasteiger partial charge in [0.1, 0.15) is 0 Å². The van der Waals surface area contributed by atoms with E-state index < -0.39 is 5.79 Å². The molecule has 3 aliphatic heterocycles. The molecule has 3 saturated heterocycles. The van der Waals surface area contributed by atoms with E-state index in [0.29, 0.717) is 38.6 Å². The van der Waals surface area contributed by atoms with E-state index in [1.165, 1.54) is 4.68 Å². The lowest BCUT2D eigenvalue weighted by molar-refractivity contribution is -0.187. The summed E-state index contributed by atoms with van der Waals surface area (Å²) >= 11 is 0. The molecule has 3 aliphatic rings. The van der Waals surface area contributed by atoms with E-state index in [2.05, 4.69) is 10.00 Å². The second-order valence-corrected chi connectivity index (χ2v) is 7.82. The van der Waals surface area contributed by atoms with Crippen molar-refractivity contribution in [1.82, 2.24) is 14.7 Å². The van der Waals surface area contributed by atoms with Crippen LogP contribution in [0.25, 0.3) is 0 Å². The highest BCUT2D eigenvalue weighted by Crippen LogP contribution is 2.32. The van der Waals surface area contributed by atoms with Gasteiger partial charge in [0.25, 0.3) is 5.56 Å². The molecular formula is C19H28N4O4. The molecule has 0 aliphatic carbocycles. The SMILES string of the molecule is Cn1ncc(N2CCCC(CC(=O)N3CCC4(CC3)OCCO4)C2)cc1=O. The largest absolute Gasteiger partial charge is 0.370 e. The highest BCUT2D eigenvalue weighted by molar-refractivity contribution is 5.76. The van der Waals surface area contributed by atoms with Gasteiger partial charge in [0.2, 0.25) is 5.91 Å². The summed E-state index contributed by atoms with van der Waals surface area (Å²) in [7, 11) is 1.65.